The van der Waals surface area contributed by atoms with Gasteiger partial charge < -0.3 is 4.74 Å². The molecule has 108 valence electrons. The zero-order valence-corrected chi connectivity index (χ0v) is 12.8. The van der Waals surface area contributed by atoms with Gasteiger partial charge in [0.2, 0.25) is 10.0 Å². The first-order valence-electron chi connectivity index (χ1n) is 6.06. The second-order valence-corrected chi connectivity index (χ2v) is 6.58. The Labute approximate surface area is 114 Å². The van der Waals surface area contributed by atoms with Crippen molar-refractivity contribution in [3.05, 3.63) is 0 Å². The average molecular weight is 300 g/mol. The van der Waals surface area contributed by atoms with Gasteiger partial charge in [-0.1, -0.05) is 0 Å². The molecule has 0 N–H and O–H groups in total. The van der Waals surface area contributed by atoms with E-state index in [1.165, 1.54) is 4.31 Å². The molecule has 5 nitrogen and oxygen atoms in total. The number of unbranched alkanes of at least 4 members (excludes halogenated alkanes) is 1. The standard InChI is InChI=1S/C11H22ClNO4S/c1-4-17-11(14)9-13(10(2)3)18(15,16)8-6-5-7-12/h10H,4-9H2,1-3H3. The summed E-state index contributed by atoms with van der Waals surface area (Å²) >= 11 is 5.52. The van der Waals surface area contributed by atoms with E-state index in [1.807, 2.05) is 0 Å². The summed E-state index contributed by atoms with van der Waals surface area (Å²) in [6.45, 7) is 5.18. The molecule has 0 fully saturated rings. The highest BCUT2D eigenvalue weighted by atomic mass is 35.5. The molecular weight excluding hydrogens is 278 g/mol. The van der Waals surface area contributed by atoms with Crippen LogP contribution in [0.3, 0.4) is 0 Å². The van der Waals surface area contributed by atoms with Gasteiger partial charge in [0.05, 0.1) is 12.4 Å². The van der Waals surface area contributed by atoms with Gasteiger partial charge in [-0.2, -0.15) is 4.31 Å². The Morgan fingerprint density at radius 1 is 1.33 bits per heavy atom. The summed E-state index contributed by atoms with van der Waals surface area (Å²) in [5.41, 5.74) is 0. The number of alkyl halides is 1. The van der Waals surface area contributed by atoms with Gasteiger partial charge in [-0.25, -0.2) is 8.42 Å². The number of hydrogen-bond acceptors (Lipinski definition) is 4. The van der Waals surface area contributed by atoms with Crippen LogP contribution < -0.4 is 0 Å². The van der Waals surface area contributed by atoms with Gasteiger partial charge in [0.1, 0.15) is 6.54 Å². The van der Waals surface area contributed by atoms with Crippen molar-refractivity contribution in [3.8, 4) is 0 Å². The summed E-state index contributed by atoms with van der Waals surface area (Å²) in [7, 11) is -3.43. The minimum atomic E-state index is -3.43. The Kier molecular flexibility index (Phi) is 8.56. The summed E-state index contributed by atoms with van der Waals surface area (Å²) < 4.78 is 30.1. The number of nitrogens with zero attached hydrogens (tertiary/aromatic N) is 1. The summed E-state index contributed by atoms with van der Waals surface area (Å²) in [4.78, 5) is 11.4. The number of esters is 1. The van der Waals surface area contributed by atoms with E-state index in [1.54, 1.807) is 20.8 Å². The van der Waals surface area contributed by atoms with E-state index in [4.69, 9.17) is 16.3 Å². The van der Waals surface area contributed by atoms with Crippen LogP contribution in [-0.4, -0.2) is 49.5 Å². The normalized spacial score (nSPS) is 12.1. The van der Waals surface area contributed by atoms with Gasteiger partial charge in [0, 0.05) is 11.9 Å². The maximum Gasteiger partial charge on any atom is 0.321 e. The Morgan fingerprint density at radius 2 is 1.94 bits per heavy atom. The third-order valence-corrected chi connectivity index (χ3v) is 4.65. The number of hydrogen-bond donors (Lipinski definition) is 0. The Morgan fingerprint density at radius 3 is 2.39 bits per heavy atom. The first kappa shape index (κ1) is 17.7. The molecule has 0 rings (SSSR count). The molecule has 0 aromatic carbocycles. The van der Waals surface area contributed by atoms with Crippen molar-refractivity contribution in [1.82, 2.24) is 4.31 Å². The highest BCUT2D eigenvalue weighted by Gasteiger charge is 2.27. The molecule has 0 aromatic heterocycles. The largest absolute Gasteiger partial charge is 0.465 e. The Balaban J connectivity index is 4.62. The Hall–Kier alpha value is -0.330. The van der Waals surface area contributed by atoms with Crippen LogP contribution in [0, 0.1) is 0 Å². The van der Waals surface area contributed by atoms with Crippen LogP contribution in [0.5, 0.6) is 0 Å². The van der Waals surface area contributed by atoms with Crippen molar-refractivity contribution in [2.75, 3.05) is 24.8 Å². The summed E-state index contributed by atoms with van der Waals surface area (Å²) in [6, 6.07) is -0.268. The van der Waals surface area contributed by atoms with Crippen molar-refractivity contribution in [2.24, 2.45) is 0 Å². The predicted octanol–water partition coefficient (Wildman–Crippen LogP) is 1.61. The maximum absolute atomic E-state index is 12.1. The summed E-state index contributed by atoms with van der Waals surface area (Å²) in [6.07, 6.45) is 1.14. The molecule has 0 heterocycles. The van der Waals surface area contributed by atoms with Gasteiger partial charge in [0.15, 0.2) is 0 Å². The zero-order valence-electron chi connectivity index (χ0n) is 11.2. The van der Waals surface area contributed by atoms with Crippen molar-refractivity contribution in [2.45, 2.75) is 39.7 Å². The molecule has 0 aliphatic rings. The average Bonchev–Trinajstić information content (AvgIpc) is 2.26. The van der Waals surface area contributed by atoms with Gasteiger partial charge >= 0.3 is 5.97 Å². The van der Waals surface area contributed by atoms with E-state index in [0.29, 0.717) is 18.7 Å². The Bertz CT molecular complexity index is 343. The molecule has 0 aromatic rings. The predicted molar refractivity (Wildman–Crippen MR) is 72.2 cm³/mol. The molecule has 18 heavy (non-hydrogen) atoms. The van der Waals surface area contributed by atoms with Gasteiger partial charge in [-0.15, -0.1) is 11.6 Å². The highest BCUT2D eigenvalue weighted by molar-refractivity contribution is 7.89. The number of carbonyl (C=O) groups is 1. The molecular formula is C11H22ClNO4S. The van der Waals surface area contributed by atoms with Crippen LogP contribution in [0.25, 0.3) is 0 Å². The van der Waals surface area contributed by atoms with E-state index in [0.717, 1.165) is 0 Å². The third kappa shape index (κ3) is 6.56. The second-order valence-electron chi connectivity index (χ2n) is 4.16. The lowest BCUT2D eigenvalue weighted by molar-refractivity contribution is -0.143. The minimum Gasteiger partial charge on any atom is -0.465 e. The van der Waals surface area contributed by atoms with E-state index >= 15 is 0 Å². The molecule has 0 saturated heterocycles. The fraction of sp³-hybridized carbons (Fsp3) is 0.909. The van der Waals surface area contributed by atoms with Crippen molar-refractivity contribution < 1.29 is 17.9 Å². The van der Waals surface area contributed by atoms with Crippen LogP contribution in [0.2, 0.25) is 0 Å². The lowest BCUT2D eigenvalue weighted by Crippen LogP contribution is -2.42. The molecule has 7 heteroatoms. The quantitative estimate of drug-likeness (QED) is 0.369. The second kappa shape index (κ2) is 8.72. The maximum atomic E-state index is 12.1. The monoisotopic (exact) mass is 299 g/mol. The SMILES string of the molecule is CCOC(=O)CN(C(C)C)S(=O)(=O)CCCCCl. The number of sulfonamides is 1. The molecule has 0 saturated carbocycles. The van der Waals surface area contributed by atoms with Gasteiger partial charge in [-0.3, -0.25) is 4.79 Å². The van der Waals surface area contributed by atoms with Crippen LogP contribution in [0.15, 0.2) is 0 Å². The topological polar surface area (TPSA) is 63.7 Å². The van der Waals surface area contributed by atoms with E-state index in [-0.39, 0.29) is 24.9 Å². The first-order chi connectivity index (χ1) is 8.35. The smallest absolute Gasteiger partial charge is 0.321 e. The fourth-order valence-corrected chi connectivity index (χ4v) is 3.37. The lowest BCUT2D eigenvalue weighted by Gasteiger charge is -2.24. The number of halogens is 1. The molecule has 0 aliphatic carbocycles. The van der Waals surface area contributed by atoms with Crippen LogP contribution in [0.1, 0.15) is 33.6 Å². The van der Waals surface area contributed by atoms with Crippen LogP contribution in [-0.2, 0) is 19.6 Å². The minimum absolute atomic E-state index is 0.0112. The molecule has 0 bridgehead atoms. The van der Waals surface area contributed by atoms with Crippen molar-refractivity contribution >= 4 is 27.6 Å². The van der Waals surface area contributed by atoms with Gasteiger partial charge in [0.25, 0.3) is 0 Å². The van der Waals surface area contributed by atoms with Crippen molar-refractivity contribution in [3.63, 3.8) is 0 Å². The molecule has 0 unspecified atom stereocenters. The third-order valence-electron chi connectivity index (χ3n) is 2.31. The van der Waals surface area contributed by atoms with Crippen LogP contribution >= 0.6 is 11.6 Å². The van der Waals surface area contributed by atoms with Crippen molar-refractivity contribution in [1.29, 1.82) is 0 Å². The summed E-state index contributed by atoms with van der Waals surface area (Å²) in [5, 5.41) is 0. The van der Waals surface area contributed by atoms with E-state index in [2.05, 4.69) is 0 Å². The number of carbonyl (C=O) groups excluding carboxylic acids is 1. The fourth-order valence-electron chi connectivity index (χ4n) is 1.43. The van der Waals surface area contributed by atoms with E-state index < -0.39 is 16.0 Å². The molecule has 0 spiro atoms. The molecule has 0 atom stereocenters. The number of ether oxygens (including phenoxy) is 1. The summed E-state index contributed by atoms with van der Waals surface area (Å²) in [5.74, 6) is -0.0704. The lowest BCUT2D eigenvalue weighted by atomic mass is 10.4. The zero-order chi connectivity index (χ0) is 14.2. The van der Waals surface area contributed by atoms with Gasteiger partial charge in [-0.05, 0) is 33.6 Å². The highest BCUT2D eigenvalue weighted by Crippen LogP contribution is 2.10. The van der Waals surface area contributed by atoms with Crippen LogP contribution in [0.4, 0.5) is 0 Å². The van der Waals surface area contributed by atoms with E-state index in [9.17, 15) is 13.2 Å². The molecule has 0 amide bonds. The molecule has 0 radical (unpaired) electrons. The number of rotatable bonds is 9. The molecule has 0 aliphatic heterocycles. The first-order valence-corrected chi connectivity index (χ1v) is 8.20.